The average Bonchev–Trinajstić information content (AvgIpc) is 2.64. The van der Waals surface area contributed by atoms with Crippen LogP contribution in [0.15, 0.2) is 36.4 Å². The number of nitrogens with one attached hydrogen (secondary N) is 1. The monoisotopic (exact) mass is 367 g/mol. The number of esters is 1. The van der Waals surface area contributed by atoms with Crippen LogP contribution in [-0.4, -0.2) is 24.3 Å². The molecule has 0 unspecified atom stereocenters. The largest absolute Gasteiger partial charge is 0.456 e. The zero-order chi connectivity index (χ0) is 20.0. The number of anilines is 1. The van der Waals surface area contributed by atoms with Gasteiger partial charge in [-0.25, -0.2) is 0 Å². The first-order valence-electron chi connectivity index (χ1n) is 8.90. The predicted octanol–water partition coefficient (Wildman–Crippen LogP) is 4.07. The Labute approximate surface area is 159 Å². The van der Waals surface area contributed by atoms with Crippen molar-refractivity contribution < 1.29 is 19.1 Å². The van der Waals surface area contributed by atoms with Gasteiger partial charge in [0.25, 0.3) is 5.91 Å². The van der Waals surface area contributed by atoms with E-state index in [2.05, 4.69) is 5.32 Å². The number of carbonyl (C=O) groups is 3. The van der Waals surface area contributed by atoms with Crippen molar-refractivity contribution in [2.45, 2.75) is 40.5 Å². The predicted molar refractivity (Wildman–Crippen MR) is 105 cm³/mol. The summed E-state index contributed by atoms with van der Waals surface area (Å²) in [7, 11) is 0. The lowest BCUT2D eigenvalue weighted by atomic mass is 10.0. The SMILES string of the molecule is Cc1ccc(C(=O)CCC(=O)OCC(=O)Nc2cccc(C)c2C)cc1C. The highest BCUT2D eigenvalue weighted by atomic mass is 16.5. The Morgan fingerprint density at radius 1 is 0.889 bits per heavy atom. The molecule has 1 N–H and O–H groups in total. The molecule has 0 spiro atoms. The van der Waals surface area contributed by atoms with E-state index in [9.17, 15) is 14.4 Å². The second kappa shape index (κ2) is 9.12. The van der Waals surface area contributed by atoms with Crippen molar-refractivity contribution in [1.29, 1.82) is 0 Å². The lowest BCUT2D eigenvalue weighted by Crippen LogP contribution is -2.21. The minimum Gasteiger partial charge on any atom is -0.456 e. The average molecular weight is 367 g/mol. The lowest BCUT2D eigenvalue weighted by Gasteiger charge is -2.10. The molecule has 27 heavy (non-hydrogen) atoms. The minimum absolute atomic E-state index is 0.0531. The molecule has 0 aromatic heterocycles. The third-order valence-electron chi connectivity index (χ3n) is 4.63. The van der Waals surface area contributed by atoms with Gasteiger partial charge in [0.1, 0.15) is 0 Å². The number of benzene rings is 2. The van der Waals surface area contributed by atoms with Gasteiger partial charge in [-0.05, 0) is 62.1 Å². The summed E-state index contributed by atoms with van der Waals surface area (Å²) in [6, 6.07) is 11.1. The fraction of sp³-hybridized carbons (Fsp3) is 0.318. The van der Waals surface area contributed by atoms with E-state index in [0.717, 1.165) is 22.3 Å². The number of ether oxygens (including phenoxy) is 1. The van der Waals surface area contributed by atoms with Gasteiger partial charge < -0.3 is 10.1 Å². The first kappa shape index (κ1) is 20.4. The van der Waals surface area contributed by atoms with Gasteiger partial charge in [-0.2, -0.15) is 0 Å². The molecule has 0 radical (unpaired) electrons. The number of amides is 1. The highest BCUT2D eigenvalue weighted by Gasteiger charge is 2.13. The summed E-state index contributed by atoms with van der Waals surface area (Å²) < 4.78 is 4.97. The van der Waals surface area contributed by atoms with Gasteiger partial charge in [-0.15, -0.1) is 0 Å². The van der Waals surface area contributed by atoms with Crippen LogP contribution in [0.5, 0.6) is 0 Å². The van der Waals surface area contributed by atoms with Crippen LogP contribution >= 0.6 is 0 Å². The van der Waals surface area contributed by atoms with Crippen molar-refractivity contribution in [3.8, 4) is 0 Å². The highest BCUT2D eigenvalue weighted by Crippen LogP contribution is 2.18. The van der Waals surface area contributed by atoms with Crippen molar-refractivity contribution in [2.24, 2.45) is 0 Å². The van der Waals surface area contributed by atoms with Crippen LogP contribution in [0.2, 0.25) is 0 Å². The number of carbonyl (C=O) groups excluding carboxylic acids is 3. The Bertz CT molecular complexity index is 871. The maximum Gasteiger partial charge on any atom is 0.306 e. The molecular formula is C22H25NO4. The first-order valence-corrected chi connectivity index (χ1v) is 8.90. The van der Waals surface area contributed by atoms with Crippen LogP contribution < -0.4 is 5.32 Å². The quantitative estimate of drug-likeness (QED) is 0.591. The molecule has 0 saturated carbocycles. The Morgan fingerprint density at radius 3 is 2.33 bits per heavy atom. The van der Waals surface area contributed by atoms with Gasteiger partial charge in [-0.3, -0.25) is 14.4 Å². The van der Waals surface area contributed by atoms with Crippen LogP contribution in [0, 0.1) is 27.7 Å². The van der Waals surface area contributed by atoms with Crippen molar-refractivity contribution in [1.82, 2.24) is 0 Å². The summed E-state index contributed by atoms with van der Waals surface area (Å²) in [6.07, 6.45) is 0.00243. The molecule has 0 saturated heterocycles. The van der Waals surface area contributed by atoms with E-state index in [1.54, 1.807) is 12.1 Å². The summed E-state index contributed by atoms with van der Waals surface area (Å²) in [5.74, 6) is -1.09. The Morgan fingerprint density at radius 2 is 1.63 bits per heavy atom. The summed E-state index contributed by atoms with van der Waals surface area (Å²) in [5.41, 5.74) is 5.46. The molecule has 0 aliphatic heterocycles. The summed E-state index contributed by atoms with van der Waals surface area (Å²) >= 11 is 0. The van der Waals surface area contributed by atoms with E-state index >= 15 is 0 Å². The van der Waals surface area contributed by atoms with Crippen LogP contribution in [0.3, 0.4) is 0 Å². The Hall–Kier alpha value is -2.95. The van der Waals surface area contributed by atoms with Gasteiger partial charge in [0.2, 0.25) is 0 Å². The molecule has 2 rings (SSSR count). The molecule has 142 valence electrons. The first-order chi connectivity index (χ1) is 12.8. The van der Waals surface area contributed by atoms with E-state index in [4.69, 9.17) is 4.74 Å². The van der Waals surface area contributed by atoms with Crippen molar-refractivity contribution in [3.63, 3.8) is 0 Å². The van der Waals surface area contributed by atoms with Crippen LogP contribution in [0.1, 0.15) is 45.5 Å². The second-order valence-corrected chi connectivity index (χ2v) is 6.68. The van der Waals surface area contributed by atoms with Gasteiger partial charge in [0.05, 0.1) is 6.42 Å². The van der Waals surface area contributed by atoms with Crippen molar-refractivity contribution >= 4 is 23.3 Å². The normalized spacial score (nSPS) is 10.4. The smallest absolute Gasteiger partial charge is 0.306 e. The molecule has 0 bridgehead atoms. The maximum atomic E-state index is 12.2. The molecule has 0 atom stereocenters. The molecule has 5 nitrogen and oxygen atoms in total. The zero-order valence-electron chi connectivity index (χ0n) is 16.2. The van der Waals surface area contributed by atoms with Crippen LogP contribution in [0.25, 0.3) is 0 Å². The Kier molecular flexibility index (Phi) is 6.88. The van der Waals surface area contributed by atoms with Gasteiger partial charge in [-0.1, -0.05) is 24.3 Å². The maximum absolute atomic E-state index is 12.2. The van der Waals surface area contributed by atoms with E-state index in [1.165, 1.54) is 0 Å². The molecule has 1 amide bonds. The second-order valence-electron chi connectivity index (χ2n) is 6.68. The van der Waals surface area contributed by atoms with Crippen molar-refractivity contribution in [3.05, 3.63) is 64.2 Å². The van der Waals surface area contributed by atoms with Gasteiger partial charge in [0, 0.05) is 17.7 Å². The fourth-order valence-corrected chi connectivity index (χ4v) is 2.57. The van der Waals surface area contributed by atoms with Gasteiger partial charge >= 0.3 is 5.97 Å². The molecule has 0 aliphatic carbocycles. The molecule has 0 fully saturated rings. The Balaban J connectivity index is 1.78. The molecule has 0 heterocycles. The number of hydrogen-bond donors (Lipinski definition) is 1. The summed E-state index contributed by atoms with van der Waals surface area (Å²) in [5, 5.41) is 2.73. The number of hydrogen-bond acceptors (Lipinski definition) is 4. The van der Waals surface area contributed by atoms with Crippen molar-refractivity contribution in [2.75, 3.05) is 11.9 Å². The molecule has 0 aliphatic rings. The minimum atomic E-state index is -0.566. The van der Waals surface area contributed by atoms with E-state index in [0.29, 0.717) is 11.3 Å². The zero-order valence-corrected chi connectivity index (χ0v) is 16.2. The number of aryl methyl sites for hydroxylation is 3. The fourth-order valence-electron chi connectivity index (χ4n) is 2.57. The molecule has 2 aromatic carbocycles. The van der Waals surface area contributed by atoms with E-state index < -0.39 is 11.9 Å². The summed E-state index contributed by atoms with van der Waals surface area (Å²) in [4.78, 5) is 36.0. The molecule has 2 aromatic rings. The van der Waals surface area contributed by atoms with E-state index in [-0.39, 0.29) is 25.2 Å². The number of Topliss-reactive ketones (excluding diaryl/α,β-unsaturated/α-hetero) is 1. The standard InChI is InChI=1S/C22H25NO4/c1-14-8-9-18(12-16(14)3)20(24)10-11-22(26)27-13-21(25)23-19-7-5-6-15(2)17(19)4/h5-9,12H,10-11,13H2,1-4H3,(H,23,25). The van der Waals surface area contributed by atoms with Crippen LogP contribution in [-0.2, 0) is 14.3 Å². The number of rotatable bonds is 7. The summed E-state index contributed by atoms with van der Waals surface area (Å²) in [6.45, 7) is 7.41. The molecule has 5 heteroatoms. The molecular weight excluding hydrogens is 342 g/mol. The topological polar surface area (TPSA) is 72.5 Å². The van der Waals surface area contributed by atoms with Crippen LogP contribution in [0.4, 0.5) is 5.69 Å². The number of ketones is 1. The highest BCUT2D eigenvalue weighted by molar-refractivity contribution is 5.98. The van der Waals surface area contributed by atoms with E-state index in [1.807, 2.05) is 52.0 Å². The van der Waals surface area contributed by atoms with Gasteiger partial charge in [0.15, 0.2) is 12.4 Å². The third-order valence-corrected chi connectivity index (χ3v) is 4.63. The third kappa shape index (κ3) is 5.78. The lowest BCUT2D eigenvalue weighted by molar-refractivity contribution is -0.147.